The van der Waals surface area contributed by atoms with E-state index >= 15 is 0 Å². The molecule has 0 bridgehead atoms. The van der Waals surface area contributed by atoms with Crippen molar-refractivity contribution in [2.45, 2.75) is 53.5 Å². The molecule has 0 fully saturated rings. The molecule has 1 unspecified atom stereocenters. The molecule has 1 atom stereocenters. The van der Waals surface area contributed by atoms with Gasteiger partial charge < -0.3 is 10.6 Å². The molecule has 0 radical (unpaired) electrons. The largest absolute Gasteiger partial charge is 0.354 e. The summed E-state index contributed by atoms with van der Waals surface area (Å²) in [6, 6.07) is -0.226. The highest BCUT2D eigenvalue weighted by Crippen LogP contribution is 2.34. The Labute approximate surface area is 127 Å². The van der Waals surface area contributed by atoms with Crippen LogP contribution in [0.5, 0.6) is 0 Å². The molecule has 5 heteroatoms. The van der Waals surface area contributed by atoms with Gasteiger partial charge in [-0.2, -0.15) is 0 Å². The van der Waals surface area contributed by atoms with Crippen molar-refractivity contribution < 1.29 is 4.79 Å². The first kappa shape index (κ1) is 17.3. The highest BCUT2D eigenvalue weighted by atomic mass is 32.2. The number of rotatable bonds is 6. The summed E-state index contributed by atoms with van der Waals surface area (Å²) in [6.45, 7) is 12.1. The number of hydrogen-bond donors (Lipinski definition) is 2. The second kappa shape index (κ2) is 7.91. The van der Waals surface area contributed by atoms with Gasteiger partial charge in [-0.15, -0.1) is 0 Å². The van der Waals surface area contributed by atoms with Crippen LogP contribution in [0, 0.1) is 11.3 Å². The quantitative estimate of drug-likeness (QED) is 0.793. The third kappa shape index (κ3) is 5.00. The molecule has 1 heterocycles. The normalized spacial score (nSPS) is 19.4. The number of nitrogens with zero attached hydrogens (tertiary/aromatic N) is 1. The van der Waals surface area contributed by atoms with E-state index in [4.69, 9.17) is 0 Å². The molecule has 4 nitrogen and oxygen atoms in total. The molecule has 0 aliphatic carbocycles. The average Bonchev–Trinajstić information content (AvgIpc) is 2.45. The second-order valence-electron chi connectivity index (χ2n) is 6.12. The monoisotopic (exact) mass is 299 g/mol. The van der Waals surface area contributed by atoms with E-state index in [2.05, 4.69) is 43.3 Å². The smallest absolute Gasteiger partial charge is 0.242 e. The maximum Gasteiger partial charge on any atom is 0.242 e. The van der Waals surface area contributed by atoms with E-state index in [9.17, 15) is 4.79 Å². The minimum atomic E-state index is -0.226. The molecule has 0 saturated carbocycles. The highest BCUT2D eigenvalue weighted by Gasteiger charge is 2.30. The number of aliphatic imine (C=N–C) groups is 1. The van der Waals surface area contributed by atoms with Crippen LogP contribution in [0.2, 0.25) is 0 Å². The van der Waals surface area contributed by atoms with E-state index in [0.29, 0.717) is 11.3 Å². The summed E-state index contributed by atoms with van der Waals surface area (Å²) in [5, 5.41) is 7.09. The van der Waals surface area contributed by atoms with Crippen LogP contribution in [0.3, 0.4) is 0 Å². The summed E-state index contributed by atoms with van der Waals surface area (Å²) in [5.74, 6) is 1.61. The Balaban J connectivity index is 2.45. The molecule has 0 spiro atoms. The number of carbonyl (C=O) groups excluding carboxylic acids is 1. The number of hydrogen-bond acceptors (Lipinski definition) is 4. The first-order chi connectivity index (χ1) is 9.42. The van der Waals surface area contributed by atoms with Crippen molar-refractivity contribution in [3.63, 3.8) is 0 Å². The summed E-state index contributed by atoms with van der Waals surface area (Å²) in [6.07, 6.45) is 2.33. The molecule has 0 saturated heterocycles. The van der Waals surface area contributed by atoms with E-state index < -0.39 is 0 Å². The van der Waals surface area contributed by atoms with Gasteiger partial charge in [-0.05, 0) is 31.1 Å². The van der Waals surface area contributed by atoms with Gasteiger partial charge in [0.25, 0.3) is 0 Å². The second-order valence-corrected chi connectivity index (χ2v) is 7.09. The fourth-order valence-electron chi connectivity index (χ4n) is 2.03. The Morgan fingerprint density at radius 3 is 2.45 bits per heavy atom. The van der Waals surface area contributed by atoms with Crippen molar-refractivity contribution in [1.82, 2.24) is 10.6 Å². The molecule has 0 aromatic rings. The van der Waals surface area contributed by atoms with Crippen LogP contribution < -0.4 is 10.6 Å². The van der Waals surface area contributed by atoms with Crippen LogP contribution in [0.1, 0.15) is 47.5 Å². The molecule has 0 aromatic carbocycles. The summed E-state index contributed by atoms with van der Waals surface area (Å²) in [7, 11) is 0. The topological polar surface area (TPSA) is 53.5 Å². The minimum Gasteiger partial charge on any atom is -0.354 e. The lowest BCUT2D eigenvalue weighted by molar-refractivity contribution is -0.122. The van der Waals surface area contributed by atoms with E-state index in [-0.39, 0.29) is 11.9 Å². The first-order valence-corrected chi connectivity index (χ1v) is 8.62. The zero-order valence-corrected chi connectivity index (χ0v) is 14.3. The predicted molar refractivity (Wildman–Crippen MR) is 88.2 cm³/mol. The van der Waals surface area contributed by atoms with Crippen molar-refractivity contribution >= 4 is 22.8 Å². The Hall–Kier alpha value is -0.710. The van der Waals surface area contributed by atoms with E-state index in [1.54, 1.807) is 11.8 Å². The number of nitrogens with one attached hydrogen (secondary N) is 2. The summed E-state index contributed by atoms with van der Waals surface area (Å²) in [4.78, 5) is 16.6. The Bertz CT molecular complexity index is 351. The van der Waals surface area contributed by atoms with Gasteiger partial charge in [0, 0.05) is 18.8 Å². The third-order valence-electron chi connectivity index (χ3n) is 3.99. The van der Waals surface area contributed by atoms with E-state index in [1.165, 1.54) is 0 Å². The van der Waals surface area contributed by atoms with Gasteiger partial charge in [0.05, 0.1) is 0 Å². The van der Waals surface area contributed by atoms with Crippen LogP contribution in [-0.4, -0.2) is 36.0 Å². The summed E-state index contributed by atoms with van der Waals surface area (Å²) >= 11 is 1.75. The van der Waals surface area contributed by atoms with Gasteiger partial charge in [0.15, 0.2) is 5.17 Å². The highest BCUT2D eigenvalue weighted by molar-refractivity contribution is 8.13. The van der Waals surface area contributed by atoms with Crippen molar-refractivity contribution in [3.05, 3.63) is 0 Å². The maximum absolute atomic E-state index is 11.9. The molecule has 116 valence electrons. The van der Waals surface area contributed by atoms with Gasteiger partial charge >= 0.3 is 0 Å². The summed E-state index contributed by atoms with van der Waals surface area (Å²) in [5.41, 5.74) is 0.346. The van der Waals surface area contributed by atoms with Crippen LogP contribution in [0.25, 0.3) is 0 Å². The van der Waals surface area contributed by atoms with Gasteiger partial charge in [-0.1, -0.05) is 39.5 Å². The number of thioether (sulfide) groups is 1. The standard InChI is InChI=1S/C15H29N3OS/c1-6-15(7-2)9-17-14(20-10-15)18-12(5)13(19)16-8-11(3)4/h11-12H,6-10H2,1-5H3,(H,16,19)(H,17,18). The molecular weight excluding hydrogens is 270 g/mol. The molecule has 1 rings (SSSR count). The van der Waals surface area contributed by atoms with E-state index in [1.807, 2.05) is 6.92 Å². The van der Waals surface area contributed by atoms with Crippen LogP contribution >= 0.6 is 11.8 Å². The number of amides is 1. The van der Waals surface area contributed by atoms with Crippen molar-refractivity contribution in [2.75, 3.05) is 18.8 Å². The van der Waals surface area contributed by atoms with Gasteiger partial charge in [0.2, 0.25) is 5.91 Å². The Morgan fingerprint density at radius 1 is 1.35 bits per heavy atom. The van der Waals surface area contributed by atoms with Crippen molar-refractivity contribution in [3.8, 4) is 0 Å². The fraction of sp³-hybridized carbons (Fsp3) is 0.867. The zero-order valence-electron chi connectivity index (χ0n) is 13.5. The van der Waals surface area contributed by atoms with Gasteiger partial charge in [-0.25, -0.2) is 0 Å². The van der Waals surface area contributed by atoms with Crippen molar-refractivity contribution in [1.29, 1.82) is 0 Å². The minimum absolute atomic E-state index is 0.0461. The zero-order chi connectivity index (χ0) is 15.2. The Morgan fingerprint density at radius 2 is 2.00 bits per heavy atom. The van der Waals surface area contributed by atoms with Crippen molar-refractivity contribution in [2.24, 2.45) is 16.3 Å². The maximum atomic E-state index is 11.9. The average molecular weight is 299 g/mol. The molecular formula is C15H29N3OS. The number of amidine groups is 1. The summed E-state index contributed by atoms with van der Waals surface area (Å²) < 4.78 is 0. The van der Waals surface area contributed by atoms with E-state index in [0.717, 1.165) is 36.9 Å². The van der Waals surface area contributed by atoms with Gasteiger partial charge in [0.1, 0.15) is 6.04 Å². The molecule has 20 heavy (non-hydrogen) atoms. The molecule has 1 aliphatic heterocycles. The first-order valence-electron chi connectivity index (χ1n) is 7.64. The third-order valence-corrected chi connectivity index (χ3v) is 5.27. The molecule has 1 amide bonds. The molecule has 2 N–H and O–H groups in total. The SMILES string of the molecule is CCC1(CC)CN=C(NC(C)C(=O)NCC(C)C)SC1. The fourth-order valence-corrected chi connectivity index (χ4v) is 3.38. The molecule has 0 aromatic heterocycles. The predicted octanol–water partition coefficient (Wildman–Crippen LogP) is 2.65. The van der Waals surface area contributed by atoms with Crippen LogP contribution in [-0.2, 0) is 4.79 Å². The van der Waals surface area contributed by atoms with Gasteiger partial charge in [-0.3, -0.25) is 9.79 Å². The lowest BCUT2D eigenvalue weighted by Gasteiger charge is -2.34. The number of carbonyl (C=O) groups is 1. The van der Waals surface area contributed by atoms with Crippen LogP contribution in [0.4, 0.5) is 0 Å². The molecule has 1 aliphatic rings. The van der Waals surface area contributed by atoms with Crippen LogP contribution in [0.15, 0.2) is 4.99 Å². The lowest BCUT2D eigenvalue weighted by Crippen LogP contribution is -2.46. The lowest BCUT2D eigenvalue weighted by atomic mass is 9.84. The Kier molecular flexibility index (Phi) is 6.86.